The molecule has 0 unspecified atom stereocenters. The van der Waals surface area contributed by atoms with Crippen LogP contribution in [0.5, 0.6) is 0 Å². The van der Waals surface area contributed by atoms with Crippen molar-refractivity contribution < 1.29 is 9.53 Å². The minimum Gasteiger partial charge on any atom is -0.465 e. The third kappa shape index (κ3) is 4.32. The highest BCUT2D eigenvalue weighted by Crippen LogP contribution is 2.18. The summed E-state index contributed by atoms with van der Waals surface area (Å²) in [6.45, 7) is 2.41. The molecule has 2 aromatic heterocycles. The van der Waals surface area contributed by atoms with E-state index >= 15 is 0 Å². The lowest BCUT2D eigenvalue weighted by atomic mass is 10.3. The van der Waals surface area contributed by atoms with Crippen LogP contribution in [-0.2, 0) is 16.1 Å². The number of nitrogen functional groups attached to an aromatic ring is 1. The van der Waals surface area contributed by atoms with E-state index in [0.717, 1.165) is 17.5 Å². The van der Waals surface area contributed by atoms with Crippen LogP contribution in [-0.4, -0.2) is 32.9 Å². The van der Waals surface area contributed by atoms with Crippen LogP contribution in [0, 0.1) is 0 Å². The lowest BCUT2D eigenvalue weighted by Crippen LogP contribution is -2.19. The fourth-order valence-electron chi connectivity index (χ4n) is 1.75. The van der Waals surface area contributed by atoms with Crippen molar-refractivity contribution in [1.82, 2.24) is 14.5 Å². The number of thioether (sulfide) groups is 1. The molecule has 0 saturated heterocycles. The van der Waals surface area contributed by atoms with Crippen LogP contribution in [0.15, 0.2) is 40.4 Å². The van der Waals surface area contributed by atoms with Crippen molar-refractivity contribution in [3.63, 3.8) is 0 Å². The first kappa shape index (κ1) is 16.0. The zero-order valence-corrected chi connectivity index (χ0v) is 12.9. The highest BCUT2D eigenvalue weighted by molar-refractivity contribution is 7.99. The Labute approximate surface area is 131 Å². The second-order valence-electron chi connectivity index (χ2n) is 4.30. The molecule has 2 heterocycles. The van der Waals surface area contributed by atoms with Gasteiger partial charge >= 0.3 is 5.97 Å². The van der Waals surface area contributed by atoms with Crippen molar-refractivity contribution in [2.45, 2.75) is 18.6 Å². The van der Waals surface area contributed by atoms with Gasteiger partial charge in [0.2, 0.25) is 0 Å². The number of nitrogens with zero attached hydrogens (tertiary/aromatic N) is 3. The van der Waals surface area contributed by atoms with Gasteiger partial charge in [0.05, 0.1) is 24.6 Å². The highest BCUT2D eigenvalue weighted by Gasteiger charge is 2.12. The first-order chi connectivity index (χ1) is 10.6. The summed E-state index contributed by atoms with van der Waals surface area (Å²) in [6.07, 6.45) is 1.67. The lowest BCUT2D eigenvalue weighted by molar-refractivity contribution is -0.139. The number of carbonyl (C=O) groups excluding carboxylic acids is 1. The summed E-state index contributed by atoms with van der Waals surface area (Å²) in [7, 11) is 0. The van der Waals surface area contributed by atoms with Gasteiger partial charge in [0.1, 0.15) is 5.82 Å². The lowest BCUT2D eigenvalue weighted by Gasteiger charge is -2.14. The Hall–Kier alpha value is -2.35. The normalized spacial score (nSPS) is 10.4. The maximum Gasteiger partial charge on any atom is 0.316 e. The van der Waals surface area contributed by atoms with E-state index in [1.807, 2.05) is 18.2 Å². The number of aromatic nitrogens is 3. The molecular weight excluding hydrogens is 304 g/mol. The summed E-state index contributed by atoms with van der Waals surface area (Å²) in [5.41, 5.74) is 6.23. The van der Waals surface area contributed by atoms with E-state index < -0.39 is 5.56 Å². The molecule has 2 N–H and O–H groups in total. The van der Waals surface area contributed by atoms with Crippen LogP contribution < -0.4 is 11.3 Å². The zero-order valence-electron chi connectivity index (χ0n) is 12.1. The van der Waals surface area contributed by atoms with Crippen molar-refractivity contribution in [2.24, 2.45) is 0 Å². The van der Waals surface area contributed by atoms with Crippen LogP contribution in [0.3, 0.4) is 0 Å². The zero-order chi connectivity index (χ0) is 15.9. The average Bonchev–Trinajstić information content (AvgIpc) is 2.49. The fraction of sp³-hybridized carbons (Fsp3) is 0.286. The number of esters is 1. The molecule has 7 nitrogen and oxygen atoms in total. The fourth-order valence-corrected chi connectivity index (χ4v) is 2.56. The Morgan fingerprint density at radius 1 is 1.45 bits per heavy atom. The Morgan fingerprint density at radius 2 is 2.27 bits per heavy atom. The molecular formula is C14H16N4O3S. The molecule has 0 spiro atoms. The molecule has 0 aliphatic heterocycles. The van der Waals surface area contributed by atoms with Crippen LogP contribution in [0.1, 0.15) is 12.6 Å². The Bertz CT molecular complexity index is 703. The molecule has 0 amide bonds. The van der Waals surface area contributed by atoms with Gasteiger partial charge in [0.25, 0.3) is 5.56 Å². The largest absolute Gasteiger partial charge is 0.465 e. The van der Waals surface area contributed by atoms with Gasteiger partial charge in [0, 0.05) is 12.3 Å². The van der Waals surface area contributed by atoms with Crippen molar-refractivity contribution in [2.75, 3.05) is 18.1 Å². The van der Waals surface area contributed by atoms with Crippen molar-refractivity contribution in [3.05, 3.63) is 46.5 Å². The van der Waals surface area contributed by atoms with E-state index in [1.165, 1.54) is 6.07 Å². The molecule has 0 aliphatic rings. The van der Waals surface area contributed by atoms with Crippen molar-refractivity contribution in [3.8, 4) is 0 Å². The van der Waals surface area contributed by atoms with Gasteiger partial charge in [-0.15, -0.1) is 0 Å². The quantitative estimate of drug-likeness (QED) is 0.480. The van der Waals surface area contributed by atoms with Gasteiger partial charge in [-0.25, -0.2) is 0 Å². The first-order valence-electron chi connectivity index (χ1n) is 6.66. The number of hydrogen-bond donors (Lipinski definition) is 1. The second kappa shape index (κ2) is 7.60. The van der Waals surface area contributed by atoms with Gasteiger partial charge in [-0.1, -0.05) is 17.8 Å². The third-order valence-corrected chi connectivity index (χ3v) is 3.64. The number of pyridine rings is 1. The van der Waals surface area contributed by atoms with Crippen molar-refractivity contribution in [1.29, 1.82) is 0 Å². The summed E-state index contributed by atoms with van der Waals surface area (Å²) in [5.74, 6) is -0.0306. The topological polar surface area (TPSA) is 100 Å². The number of rotatable bonds is 6. The SMILES string of the molecule is CCOC(=O)CSc1nc(=O)cc(N)n1Cc1ccccn1. The standard InChI is InChI=1S/C14H16N4O3S/c1-2-21-13(20)9-22-14-17-12(19)7-11(15)18(14)8-10-5-3-4-6-16-10/h3-7H,2,8-9,15H2,1H3. The molecule has 8 heteroatoms. The van der Waals surface area contributed by atoms with Gasteiger partial charge in [-0.3, -0.25) is 14.6 Å². The number of hydrogen-bond acceptors (Lipinski definition) is 7. The second-order valence-corrected chi connectivity index (χ2v) is 5.25. The van der Waals surface area contributed by atoms with E-state index in [-0.39, 0.29) is 17.5 Å². The number of ether oxygens (including phenoxy) is 1. The maximum absolute atomic E-state index is 11.5. The van der Waals surface area contributed by atoms with E-state index in [9.17, 15) is 9.59 Å². The molecule has 0 aromatic carbocycles. The molecule has 22 heavy (non-hydrogen) atoms. The summed E-state index contributed by atoms with van der Waals surface area (Å²) >= 11 is 1.11. The van der Waals surface area contributed by atoms with Crippen LogP contribution >= 0.6 is 11.8 Å². The van der Waals surface area contributed by atoms with Gasteiger partial charge in [0.15, 0.2) is 5.16 Å². The molecule has 0 saturated carbocycles. The molecule has 2 rings (SSSR count). The monoisotopic (exact) mass is 320 g/mol. The van der Waals surface area contributed by atoms with E-state index in [0.29, 0.717) is 18.3 Å². The Balaban J connectivity index is 2.24. The summed E-state index contributed by atoms with van der Waals surface area (Å²) in [5, 5.41) is 0.365. The van der Waals surface area contributed by atoms with Gasteiger partial charge in [-0.05, 0) is 19.1 Å². The average molecular weight is 320 g/mol. The number of anilines is 1. The number of nitrogens with two attached hydrogens (primary N) is 1. The molecule has 116 valence electrons. The Kier molecular flexibility index (Phi) is 5.54. The van der Waals surface area contributed by atoms with Crippen molar-refractivity contribution >= 4 is 23.5 Å². The van der Waals surface area contributed by atoms with E-state index in [1.54, 1.807) is 17.7 Å². The highest BCUT2D eigenvalue weighted by atomic mass is 32.2. The van der Waals surface area contributed by atoms with Crippen LogP contribution in [0.2, 0.25) is 0 Å². The molecule has 0 fully saturated rings. The third-order valence-electron chi connectivity index (χ3n) is 2.69. The Morgan fingerprint density at radius 3 is 2.95 bits per heavy atom. The number of carbonyl (C=O) groups is 1. The summed E-state index contributed by atoms with van der Waals surface area (Å²) < 4.78 is 6.51. The minimum absolute atomic E-state index is 0.0615. The van der Waals surface area contributed by atoms with E-state index in [4.69, 9.17) is 10.5 Å². The predicted molar refractivity (Wildman–Crippen MR) is 83.6 cm³/mol. The first-order valence-corrected chi connectivity index (χ1v) is 7.64. The van der Waals surface area contributed by atoms with Crippen LogP contribution in [0.25, 0.3) is 0 Å². The molecule has 2 aromatic rings. The minimum atomic E-state index is -0.443. The van der Waals surface area contributed by atoms with Gasteiger partial charge < -0.3 is 15.0 Å². The molecule has 0 radical (unpaired) electrons. The summed E-state index contributed by atoms with van der Waals surface area (Å²) in [4.78, 5) is 31.1. The van der Waals surface area contributed by atoms with Crippen LogP contribution in [0.4, 0.5) is 5.82 Å². The van der Waals surface area contributed by atoms with Gasteiger partial charge in [-0.2, -0.15) is 4.98 Å². The smallest absolute Gasteiger partial charge is 0.316 e. The molecule has 0 atom stereocenters. The molecule has 0 aliphatic carbocycles. The van der Waals surface area contributed by atoms with E-state index in [2.05, 4.69) is 9.97 Å². The summed E-state index contributed by atoms with van der Waals surface area (Å²) in [6, 6.07) is 6.77. The predicted octanol–water partition coefficient (Wildman–Crippen LogP) is 0.924. The molecule has 0 bridgehead atoms. The maximum atomic E-state index is 11.5.